The largest absolute Gasteiger partial charge is 0.452 e. The lowest BCUT2D eigenvalue weighted by atomic mass is 9.95. The van der Waals surface area contributed by atoms with E-state index in [1.165, 1.54) is 116 Å². The SMILES string of the molecule is Clc1nc(-c2cc3ccccc3c3ccccc23)c2oc3ccccc3c2n1.c1ccc2c(c1)[nH]c1c2c2ccccc2c2sc3ccccc3c12.c1ccc2c(c1)cc(-c1nc(-n3c4ccccc4c4c5ccccc5c5sc6ccccc6c5c43)nc3c1oc1ccccc13)c1ccccc12. The second-order valence-corrected chi connectivity index (χ2v) is 28.8. The van der Waals surface area contributed by atoms with Crippen molar-refractivity contribution in [1.29, 1.82) is 0 Å². The van der Waals surface area contributed by atoms with Crippen LogP contribution < -0.4 is 0 Å². The molecule has 0 atom stereocenters. The molecule has 0 spiro atoms. The monoisotopic (exact) mass is 1370 g/mol. The molecule has 24 rings (SSSR count). The number of fused-ring (bicyclic) bond motifs is 32. The highest BCUT2D eigenvalue weighted by Crippen LogP contribution is 2.50. The summed E-state index contributed by atoms with van der Waals surface area (Å²) in [5, 5.41) is 26.9. The summed E-state index contributed by atoms with van der Waals surface area (Å²) in [4.78, 5) is 23.8. The number of thiophene rings is 2. The molecular formula is C92H51ClN6O2S2. The summed E-state index contributed by atoms with van der Waals surface area (Å²) in [5.74, 6) is 0.624. The molecule has 0 aliphatic heterocycles. The minimum absolute atomic E-state index is 0.214. The Morgan fingerprint density at radius 1 is 0.320 bits per heavy atom. The molecule has 0 saturated heterocycles. The smallest absolute Gasteiger partial charge is 0.236 e. The lowest BCUT2D eigenvalue weighted by Crippen LogP contribution is -2.03. The van der Waals surface area contributed by atoms with E-state index in [0.29, 0.717) is 22.8 Å². The molecule has 0 bridgehead atoms. The molecular weight excluding hydrogens is 1320 g/mol. The molecule has 1 N–H and O–H groups in total. The first kappa shape index (κ1) is 58.0. The Morgan fingerprint density at radius 2 is 0.738 bits per heavy atom. The number of aromatic nitrogens is 6. The zero-order chi connectivity index (χ0) is 67.5. The summed E-state index contributed by atoms with van der Waals surface area (Å²) in [7, 11) is 0. The van der Waals surface area contributed by atoms with E-state index in [0.717, 1.165) is 82.4 Å². The van der Waals surface area contributed by atoms with E-state index in [2.05, 4.69) is 274 Å². The van der Waals surface area contributed by atoms with Crippen molar-refractivity contribution >= 4 is 227 Å². The predicted molar refractivity (Wildman–Crippen MR) is 435 cm³/mol. The predicted octanol–water partition coefficient (Wildman–Crippen LogP) is 26.8. The quantitative estimate of drug-likeness (QED) is 0.140. The van der Waals surface area contributed by atoms with Gasteiger partial charge >= 0.3 is 0 Å². The van der Waals surface area contributed by atoms with Crippen LogP contribution in [0.2, 0.25) is 5.28 Å². The van der Waals surface area contributed by atoms with Crippen LogP contribution in [0.3, 0.4) is 0 Å². The van der Waals surface area contributed by atoms with Crippen LogP contribution >= 0.6 is 34.3 Å². The first-order valence-corrected chi connectivity index (χ1v) is 36.4. The van der Waals surface area contributed by atoms with Gasteiger partial charge in [0.1, 0.15) is 33.6 Å². The fourth-order valence-electron chi connectivity index (χ4n) is 16.4. The normalized spacial score (nSPS) is 12.1. The second-order valence-electron chi connectivity index (χ2n) is 26.3. The van der Waals surface area contributed by atoms with Crippen LogP contribution in [0.1, 0.15) is 0 Å². The van der Waals surface area contributed by atoms with Gasteiger partial charge in [0.25, 0.3) is 0 Å². The van der Waals surface area contributed by atoms with Crippen molar-refractivity contribution in [3.05, 3.63) is 309 Å². The Labute approximate surface area is 598 Å². The van der Waals surface area contributed by atoms with Gasteiger partial charge in [-0.2, -0.15) is 0 Å². The molecule has 16 aromatic carbocycles. The Balaban J connectivity index is 0.000000108. The van der Waals surface area contributed by atoms with E-state index >= 15 is 0 Å². The zero-order valence-electron chi connectivity index (χ0n) is 54.6. The van der Waals surface area contributed by atoms with E-state index in [9.17, 15) is 0 Å². The maximum absolute atomic E-state index is 6.69. The number of nitrogens with one attached hydrogen (secondary N) is 1. The second kappa shape index (κ2) is 22.6. The van der Waals surface area contributed by atoms with E-state index < -0.39 is 0 Å². The third-order valence-corrected chi connectivity index (χ3v) is 23.4. The van der Waals surface area contributed by atoms with Gasteiger partial charge in [-0.1, -0.05) is 243 Å². The number of aromatic amines is 1. The fraction of sp³-hybridized carbons (Fsp3) is 0. The molecule has 480 valence electrons. The molecule has 11 heteroatoms. The van der Waals surface area contributed by atoms with Crippen LogP contribution in [0.25, 0.3) is 221 Å². The van der Waals surface area contributed by atoms with E-state index in [1.807, 2.05) is 71.2 Å². The Bertz CT molecular complexity index is 7750. The number of halogens is 1. The average molecular weight is 1370 g/mol. The van der Waals surface area contributed by atoms with E-state index in [1.54, 1.807) is 0 Å². The fourth-order valence-corrected chi connectivity index (χ4v) is 19.1. The molecule has 0 aliphatic rings. The van der Waals surface area contributed by atoms with Crippen LogP contribution in [0.5, 0.6) is 0 Å². The van der Waals surface area contributed by atoms with Gasteiger partial charge in [-0.3, -0.25) is 4.57 Å². The van der Waals surface area contributed by atoms with Crippen LogP contribution in [-0.4, -0.2) is 29.5 Å². The Kier molecular flexibility index (Phi) is 12.7. The maximum Gasteiger partial charge on any atom is 0.236 e. The highest BCUT2D eigenvalue weighted by Gasteiger charge is 2.27. The molecule has 0 amide bonds. The van der Waals surface area contributed by atoms with Crippen molar-refractivity contribution in [2.75, 3.05) is 0 Å². The Morgan fingerprint density at radius 3 is 1.33 bits per heavy atom. The first-order chi connectivity index (χ1) is 51.0. The van der Waals surface area contributed by atoms with Crippen molar-refractivity contribution in [2.24, 2.45) is 0 Å². The highest BCUT2D eigenvalue weighted by molar-refractivity contribution is 7.27. The average Bonchev–Trinajstić information content (AvgIpc) is 1.55. The molecule has 0 aliphatic carbocycles. The molecule has 8 aromatic heterocycles. The third-order valence-electron chi connectivity index (χ3n) is 20.8. The van der Waals surface area contributed by atoms with Gasteiger partial charge in [0, 0.05) is 100 Å². The number of rotatable bonds is 3. The number of para-hydroxylation sites is 4. The van der Waals surface area contributed by atoms with Crippen molar-refractivity contribution in [3.63, 3.8) is 0 Å². The van der Waals surface area contributed by atoms with Crippen LogP contribution in [0.4, 0.5) is 0 Å². The lowest BCUT2D eigenvalue weighted by molar-refractivity contribution is 0.666. The zero-order valence-corrected chi connectivity index (χ0v) is 57.0. The number of benzene rings is 16. The van der Waals surface area contributed by atoms with Crippen LogP contribution in [0.15, 0.2) is 312 Å². The number of nitrogens with zero attached hydrogens (tertiary/aromatic N) is 5. The van der Waals surface area contributed by atoms with Gasteiger partial charge < -0.3 is 13.8 Å². The Hall–Kier alpha value is -12.8. The van der Waals surface area contributed by atoms with Gasteiger partial charge in [0.05, 0.1) is 16.6 Å². The summed E-state index contributed by atoms with van der Waals surface area (Å²) < 4.78 is 20.4. The van der Waals surface area contributed by atoms with Crippen molar-refractivity contribution in [1.82, 2.24) is 29.5 Å². The third kappa shape index (κ3) is 8.69. The summed E-state index contributed by atoms with van der Waals surface area (Å²) in [6, 6.07) is 107. The summed E-state index contributed by atoms with van der Waals surface area (Å²) in [5.41, 5.74) is 12.7. The number of hydrogen-bond donors (Lipinski definition) is 1. The maximum atomic E-state index is 6.69. The van der Waals surface area contributed by atoms with E-state index in [4.69, 9.17) is 30.4 Å². The van der Waals surface area contributed by atoms with Crippen molar-refractivity contribution in [2.45, 2.75) is 0 Å². The van der Waals surface area contributed by atoms with Gasteiger partial charge in [0.15, 0.2) is 11.2 Å². The van der Waals surface area contributed by atoms with Gasteiger partial charge in [-0.25, -0.2) is 19.9 Å². The molecule has 103 heavy (non-hydrogen) atoms. The topological polar surface area (TPSA) is 98.6 Å². The summed E-state index contributed by atoms with van der Waals surface area (Å²) >= 11 is 10.1. The standard InChI is InChI=1S/C46H25N3OS.C24H13ClN2O.C22H13NS/c1-2-14-27-26(13-1)25-35(29-16-4-3-15-28(27)29)42-44-41(33-20-8-11-23-37(33)50-44)47-46(48-42)49-36-22-10-7-19-32(36)39-30-17-5-6-18-31(30)45-40(43(39)49)34-21-9-12-24-38(34)51-45;25-24-26-21-18-11-5-6-12-20(18)28-23(21)22(27-24)19-13-14-7-1-2-8-15(14)16-9-3-4-10-17(16)19;1-2-8-14-13(7-1)19-15-9-3-5-11-17(15)23-21(19)20-16-10-4-6-12-18(16)24-22(14)20/h1-25H;1-13H;1-12,23H. The van der Waals surface area contributed by atoms with Gasteiger partial charge in [-0.05, 0) is 126 Å². The van der Waals surface area contributed by atoms with Crippen molar-refractivity contribution in [3.8, 4) is 28.5 Å². The first-order valence-electron chi connectivity index (χ1n) is 34.4. The molecule has 8 nitrogen and oxygen atoms in total. The van der Waals surface area contributed by atoms with E-state index in [-0.39, 0.29) is 5.28 Å². The highest BCUT2D eigenvalue weighted by atomic mass is 35.5. The minimum atomic E-state index is 0.214. The number of furan rings is 2. The molecule has 8 heterocycles. The van der Waals surface area contributed by atoms with Crippen molar-refractivity contribution < 1.29 is 8.83 Å². The molecule has 24 aromatic rings. The number of hydrogen-bond acceptors (Lipinski definition) is 8. The summed E-state index contributed by atoms with van der Waals surface area (Å²) in [6.45, 7) is 0. The van der Waals surface area contributed by atoms with Gasteiger partial charge in [-0.15, -0.1) is 22.7 Å². The molecule has 0 saturated carbocycles. The minimum Gasteiger partial charge on any atom is -0.452 e. The lowest BCUT2D eigenvalue weighted by Gasteiger charge is -2.13. The summed E-state index contributed by atoms with van der Waals surface area (Å²) in [6.07, 6.45) is 0. The van der Waals surface area contributed by atoms with Crippen LogP contribution in [0, 0.1) is 0 Å². The molecule has 0 unspecified atom stereocenters. The molecule has 0 fully saturated rings. The number of H-pyrrole nitrogens is 1. The van der Waals surface area contributed by atoms with Gasteiger partial charge in [0.2, 0.25) is 11.2 Å². The molecule has 0 radical (unpaired) electrons. The van der Waals surface area contributed by atoms with Crippen LogP contribution in [-0.2, 0) is 0 Å².